The third kappa shape index (κ3) is 3.40. The van der Waals surface area contributed by atoms with Gasteiger partial charge in [0.2, 0.25) is 0 Å². The lowest BCUT2D eigenvalue weighted by molar-refractivity contribution is 0.0528. The van der Waals surface area contributed by atoms with Crippen LogP contribution in [0, 0.1) is 6.92 Å². The first-order valence-electron chi connectivity index (χ1n) is 8.78. The minimum Gasteiger partial charge on any atom is -0.497 e. The molecule has 0 saturated heterocycles. The van der Waals surface area contributed by atoms with Crippen molar-refractivity contribution in [3.8, 4) is 5.75 Å². The van der Waals surface area contributed by atoms with Crippen LogP contribution in [0.3, 0.4) is 0 Å². The van der Waals surface area contributed by atoms with Gasteiger partial charge >= 0.3 is 11.7 Å². The van der Waals surface area contributed by atoms with Crippen molar-refractivity contribution in [3.05, 3.63) is 68.0 Å². The molecular weight excluding hydrogens is 362 g/mol. The van der Waals surface area contributed by atoms with Gasteiger partial charge in [0.05, 0.1) is 31.2 Å². The standard InChI is InChI=1S/C20H21N3O5/c1-5-28-19(25)15-10-12(2)21-17-16(15)18(24)23(20(26)22(17)3)11-13-6-8-14(27-4)9-7-13/h6-10H,5,11H2,1-4H3. The van der Waals surface area contributed by atoms with Crippen LogP contribution >= 0.6 is 0 Å². The Labute approximate surface area is 161 Å². The Kier molecular flexibility index (Phi) is 5.30. The molecule has 0 N–H and O–H groups in total. The van der Waals surface area contributed by atoms with Crippen molar-refractivity contribution < 1.29 is 14.3 Å². The number of hydrogen-bond acceptors (Lipinski definition) is 6. The average molecular weight is 383 g/mol. The van der Waals surface area contributed by atoms with E-state index in [2.05, 4.69) is 4.98 Å². The average Bonchev–Trinajstić information content (AvgIpc) is 2.69. The fourth-order valence-electron chi connectivity index (χ4n) is 3.03. The first-order valence-corrected chi connectivity index (χ1v) is 8.78. The van der Waals surface area contributed by atoms with Crippen LogP contribution in [0.5, 0.6) is 5.75 Å². The first kappa shape index (κ1) is 19.3. The van der Waals surface area contributed by atoms with Gasteiger partial charge in [0, 0.05) is 12.7 Å². The number of aryl methyl sites for hydroxylation is 2. The van der Waals surface area contributed by atoms with E-state index in [0.717, 1.165) is 10.1 Å². The lowest BCUT2D eigenvalue weighted by Gasteiger charge is -2.13. The third-order valence-corrected chi connectivity index (χ3v) is 4.42. The number of carbonyl (C=O) groups is 1. The molecule has 3 rings (SSSR count). The van der Waals surface area contributed by atoms with Crippen molar-refractivity contribution in [2.45, 2.75) is 20.4 Å². The number of aromatic nitrogens is 3. The molecule has 1 aromatic carbocycles. The summed E-state index contributed by atoms with van der Waals surface area (Å²) in [7, 11) is 3.08. The zero-order valence-electron chi connectivity index (χ0n) is 16.2. The molecular formula is C20H21N3O5. The molecule has 0 fully saturated rings. The van der Waals surface area contributed by atoms with Crippen molar-refractivity contribution in [1.29, 1.82) is 0 Å². The monoisotopic (exact) mass is 383 g/mol. The number of carbonyl (C=O) groups excluding carboxylic acids is 1. The summed E-state index contributed by atoms with van der Waals surface area (Å²) < 4.78 is 12.6. The molecule has 8 heteroatoms. The van der Waals surface area contributed by atoms with E-state index in [1.165, 1.54) is 17.7 Å². The molecule has 0 aliphatic rings. The van der Waals surface area contributed by atoms with Crippen LogP contribution in [-0.2, 0) is 18.3 Å². The molecule has 8 nitrogen and oxygen atoms in total. The number of nitrogens with zero attached hydrogens (tertiary/aromatic N) is 3. The Bertz CT molecular complexity index is 1160. The van der Waals surface area contributed by atoms with Crippen LogP contribution in [0.1, 0.15) is 28.5 Å². The summed E-state index contributed by atoms with van der Waals surface area (Å²) in [6, 6.07) is 8.55. The molecule has 0 aliphatic carbocycles. The molecule has 0 aliphatic heterocycles. The van der Waals surface area contributed by atoms with E-state index >= 15 is 0 Å². The van der Waals surface area contributed by atoms with Gasteiger partial charge in [-0.1, -0.05) is 12.1 Å². The second kappa shape index (κ2) is 7.67. The Morgan fingerprint density at radius 1 is 1.18 bits per heavy atom. The second-order valence-electron chi connectivity index (χ2n) is 6.31. The van der Waals surface area contributed by atoms with E-state index in [1.54, 1.807) is 45.2 Å². The van der Waals surface area contributed by atoms with Crippen LogP contribution in [0.15, 0.2) is 39.9 Å². The van der Waals surface area contributed by atoms with Gasteiger partial charge in [-0.05, 0) is 37.6 Å². The fraction of sp³-hybridized carbons (Fsp3) is 0.300. The first-order chi connectivity index (χ1) is 13.4. The zero-order chi connectivity index (χ0) is 20.4. The molecule has 2 aromatic heterocycles. The maximum Gasteiger partial charge on any atom is 0.339 e. The molecule has 0 spiro atoms. The maximum absolute atomic E-state index is 13.1. The summed E-state index contributed by atoms with van der Waals surface area (Å²) in [4.78, 5) is 42.6. The van der Waals surface area contributed by atoms with Gasteiger partial charge in [-0.25, -0.2) is 14.6 Å². The van der Waals surface area contributed by atoms with Gasteiger partial charge in [0.15, 0.2) is 0 Å². The minimum atomic E-state index is -0.621. The van der Waals surface area contributed by atoms with Crippen molar-refractivity contribution >= 4 is 17.0 Å². The summed E-state index contributed by atoms with van der Waals surface area (Å²) >= 11 is 0. The number of hydrogen-bond donors (Lipinski definition) is 0. The van der Waals surface area contributed by atoms with Gasteiger partial charge in [-0.2, -0.15) is 0 Å². The topological polar surface area (TPSA) is 92.4 Å². The number of ether oxygens (including phenoxy) is 2. The van der Waals surface area contributed by atoms with E-state index in [-0.39, 0.29) is 29.7 Å². The van der Waals surface area contributed by atoms with Crippen LogP contribution in [0.2, 0.25) is 0 Å². The van der Waals surface area contributed by atoms with Crippen molar-refractivity contribution in [2.24, 2.45) is 7.05 Å². The molecule has 146 valence electrons. The highest BCUT2D eigenvalue weighted by Gasteiger charge is 2.21. The molecule has 2 heterocycles. The van der Waals surface area contributed by atoms with Crippen LogP contribution in [-0.4, -0.2) is 33.8 Å². The van der Waals surface area contributed by atoms with E-state index in [9.17, 15) is 14.4 Å². The predicted octanol–water partition coefficient (Wildman–Crippen LogP) is 1.64. The molecule has 0 radical (unpaired) electrons. The molecule has 0 amide bonds. The van der Waals surface area contributed by atoms with Crippen molar-refractivity contribution in [1.82, 2.24) is 14.1 Å². The smallest absolute Gasteiger partial charge is 0.339 e. The van der Waals surface area contributed by atoms with Crippen molar-refractivity contribution in [2.75, 3.05) is 13.7 Å². The van der Waals surface area contributed by atoms with E-state index in [0.29, 0.717) is 11.4 Å². The molecule has 0 bridgehead atoms. The molecule has 0 unspecified atom stereocenters. The van der Waals surface area contributed by atoms with Gasteiger partial charge in [-0.15, -0.1) is 0 Å². The quantitative estimate of drug-likeness (QED) is 0.622. The summed E-state index contributed by atoms with van der Waals surface area (Å²) in [5.41, 5.74) is 0.429. The summed E-state index contributed by atoms with van der Waals surface area (Å²) in [5.74, 6) is 0.0523. The van der Waals surface area contributed by atoms with E-state index in [4.69, 9.17) is 9.47 Å². The van der Waals surface area contributed by atoms with Gasteiger partial charge in [-0.3, -0.25) is 13.9 Å². The Morgan fingerprint density at radius 2 is 1.86 bits per heavy atom. The molecule has 3 aromatic rings. The number of fused-ring (bicyclic) bond motifs is 1. The Hall–Kier alpha value is -3.42. The Morgan fingerprint density at radius 3 is 2.46 bits per heavy atom. The normalized spacial score (nSPS) is 10.9. The number of esters is 1. The van der Waals surface area contributed by atoms with Crippen molar-refractivity contribution in [3.63, 3.8) is 0 Å². The largest absolute Gasteiger partial charge is 0.497 e. The third-order valence-electron chi connectivity index (χ3n) is 4.42. The SMILES string of the molecule is CCOC(=O)c1cc(C)nc2c1c(=O)n(Cc1ccc(OC)cc1)c(=O)n2C. The van der Waals surface area contributed by atoms with Gasteiger partial charge in [0.25, 0.3) is 5.56 Å². The highest BCUT2D eigenvalue weighted by atomic mass is 16.5. The summed E-state index contributed by atoms with van der Waals surface area (Å²) in [6.07, 6.45) is 0. The highest BCUT2D eigenvalue weighted by molar-refractivity contribution is 6.02. The van der Waals surface area contributed by atoms with Gasteiger partial charge in [0.1, 0.15) is 11.4 Å². The second-order valence-corrected chi connectivity index (χ2v) is 6.31. The van der Waals surface area contributed by atoms with Crippen LogP contribution in [0.4, 0.5) is 0 Å². The molecule has 0 atom stereocenters. The fourth-order valence-corrected chi connectivity index (χ4v) is 3.03. The lowest BCUT2D eigenvalue weighted by Crippen LogP contribution is -2.40. The number of pyridine rings is 1. The lowest BCUT2D eigenvalue weighted by atomic mass is 10.1. The predicted molar refractivity (Wildman–Crippen MR) is 104 cm³/mol. The number of benzene rings is 1. The van der Waals surface area contributed by atoms with E-state index in [1.807, 2.05) is 0 Å². The van der Waals surface area contributed by atoms with Crippen LogP contribution < -0.4 is 16.0 Å². The van der Waals surface area contributed by atoms with Crippen LogP contribution in [0.25, 0.3) is 11.0 Å². The summed E-state index contributed by atoms with van der Waals surface area (Å²) in [5, 5.41) is 0.0691. The molecule has 28 heavy (non-hydrogen) atoms. The number of methoxy groups -OCH3 is 1. The minimum absolute atomic E-state index is 0.0571. The van der Waals surface area contributed by atoms with E-state index < -0.39 is 17.2 Å². The highest BCUT2D eigenvalue weighted by Crippen LogP contribution is 2.16. The summed E-state index contributed by atoms with van der Waals surface area (Å²) in [6.45, 7) is 3.61. The maximum atomic E-state index is 13.1. The molecule has 0 saturated carbocycles. The number of rotatable bonds is 5. The Balaban J connectivity index is 2.25. The zero-order valence-corrected chi connectivity index (χ0v) is 16.2. The van der Waals surface area contributed by atoms with Gasteiger partial charge < -0.3 is 9.47 Å².